The van der Waals surface area contributed by atoms with Gasteiger partial charge in [-0.1, -0.05) is 32.9 Å². The molecule has 0 aromatic heterocycles. The molecule has 0 radical (unpaired) electrons. The molecule has 0 N–H and O–H groups in total. The Bertz CT molecular complexity index is 266. The molecule has 0 fully saturated rings. The lowest BCUT2D eigenvalue weighted by Gasteiger charge is -2.16. The van der Waals surface area contributed by atoms with Crippen molar-refractivity contribution in [3.8, 4) is 0 Å². The maximum atomic E-state index is 2.30. The molecule has 0 spiro atoms. The Balaban J connectivity index is 2.88. The number of hydrogen-bond acceptors (Lipinski definition) is 1. The minimum Gasteiger partial charge on any atom is -0.130 e. The summed E-state index contributed by atoms with van der Waals surface area (Å²) in [5.41, 5.74) is 1.46. The van der Waals surface area contributed by atoms with Crippen molar-refractivity contribution in [3.63, 3.8) is 0 Å². The van der Waals surface area contributed by atoms with Gasteiger partial charge in [0.1, 0.15) is 0 Å². The first kappa shape index (κ1) is 10.6. The van der Waals surface area contributed by atoms with E-state index in [0.717, 1.165) is 5.92 Å². The number of rotatable bonds is 3. The van der Waals surface area contributed by atoms with Crippen molar-refractivity contribution in [2.75, 3.05) is 6.26 Å². The van der Waals surface area contributed by atoms with Crippen LogP contribution in [0.25, 0.3) is 0 Å². The predicted molar refractivity (Wildman–Crippen MR) is 61.5 cm³/mol. The van der Waals surface area contributed by atoms with Gasteiger partial charge in [-0.3, -0.25) is 0 Å². The van der Waals surface area contributed by atoms with E-state index in [0.29, 0.717) is 5.92 Å². The van der Waals surface area contributed by atoms with Crippen molar-refractivity contribution in [2.24, 2.45) is 5.92 Å². The molecule has 1 aromatic rings. The van der Waals surface area contributed by atoms with Crippen LogP contribution in [0.2, 0.25) is 0 Å². The van der Waals surface area contributed by atoms with Crippen molar-refractivity contribution >= 4 is 11.8 Å². The lowest BCUT2D eigenvalue weighted by molar-refractivity contribution is 0.534. The Labute approximate surface area is 85.7 Å². The van der Waals surface area contributed by atoms with Crippen molar-refractivity contribution in [3.05, 3.63) is 29.8 Å². The molecule has 1 heteroatoms. The highest BCUT2D eigenvalue weighted by Crippen LogP contribution is 2.26. The molecule has 1 aromatic carbocycles. The molecule has 72 valence electrons. The highest BCUT2D eigenvalue weighted by Gasteiger charge is 2.09. The van der Waals surface area contributed by atoms with E-state index in [2.05, 4.69) is 51.3 Å². The fourth-order valence-corrected chi connectivity index (χ4v) is 1.78. The summed E-state index contributed by atoms with van der Waals surface area (Å²) < 4.78 is 0. The Morgan fingerprint density at radius 2 is 1.85 bits per heavy atom. The highest BCUT2D eigenvalue weighted by atomic mass is 32.2. The fraction of sp³-hybridized carbons (Fsp3) is 0.500. The van der Waals surface area contributed by atoms with Crippen LogP contribution in [0.5, 0.6) is 0 Å². The van der Waals surface area contributed by atoms with Gasteiger partial charge < -0.3 is 0 Å². The van der Waals surface area contributed by atoms with Gasteiger partial charge in [0.05, 0.1) is 0 Å². The molecule has 0 aliphatic rings. The van der Waals surface area contributed by atoms with Gasteiger partial charge >= 0.3 is 0 Å². The van der Waals surface area contributed by atoms with E-state index in [1.807, 2.05) is 11.8 Å². The average molecular weight is 194 g/mol. The van der Waals surface area contributed by atoms with Gasteiger partial charge in [-0.2, -0.15) is 0 Å². The van der Waals surface area contributed by atoms with E-state index in [-0.39, 0.29) is 0 Å². The first-order chi connectivity index (χ1) is 6.15. The van der Waals surface area contributed by atoms with Crippen molar-refractivity contribution in [1.82, 2.24) is 0 Å². The Kier molecular flexibility index (Phi) is 3.86. The third kappa shape index (κ3) is 2.77. The minimum atomic E-state index is 0.659. The van der Waals surface area contributed by atoms with Crippen LogP contribution < -0.4 is 0 Å². The third-order valence-electron chi connectivity index (χ3n) is 2.62. The molecule has 1 unspecified atom stereocenters. The van der Waals surface area contributed by atoms with E-state index in [1.54, 1.807) is 0 Å². The first-order valence-corrected chi connectivity index (χ1v) is 6.01. The molecule has 0 aliphatic heterocycles. The van der Waals surface area contributed by atoms with Crippen LogP contribution in [0.3, 0.4) is 0 Å². The van der Waals surface area contributed by atoms with Crippen LogP contribution in [0.15, 0.2) is 29.2 Å². The molecule has 13 heavy (non-hydrogen) atoms. The molecule has 0 heterocycles. The van der Waals surface area contributed by atoms with Crippen LogP contribution >= 0.6 is 11.8 Å². The monoisotopic (exact) mass is 194 g/mol. The van der Waals surface area contributed by atoms with Gasteiger partial charge in [0.15, 0.2) is 0 Å². The normalized spacial score (nSPS) is 13.3. The van der Waals surface area contributed by atoms with Crippen LogP contribution in [0.4, 0.5) is 0 Å². The zero-order chi connectivity index (χ0) is 9.84. The second kappa shape index (κ2) is 4.71. The zero-order valence-electron chi connectivity index (χ0n) is 8.87. The number of benzene rings is 1. The van der Waals surface area contributed by atoms with Crippen LogP contribution in [-0.2, 0) is 0 Å². The number of hydrogen-bond donors (Lipinski definition) is 0. The van der Waals surface area contributed by atoms with E-state index < -0.39 is 0 Å². The van der Waals surface area contributed by atoms with Crippen LogP contribution in [-0.4, -0.2) is 6.26 Å². The Morgan fingerprint density at radius 3 is 2.38 bits per heavy atom. The van der Waals surface area contributed by atoms with E-state index in [1.165, 1.54) is 10.5 Å². The largest absolute Gasteiger partial charge is 0.130 e. The highest BCUT2D eigenvalue weighted by molar-refractivity contribution is 7.98. The van der Waals surface area contributed by atoms with Crippen molar-refractivity contribution in [1.29, 1.82) is 0 Å². The van der Waals surface area contributed by atoms with Crippen LogP contribution in [0, 0.1) is 5.92 Å². The molecule has 0 aliphatic carbocycles. The molecule has 0 amide bonds. The summed E-state index contributed by atoms with van der Waals surface area (Å²) in [4.78, 5) is 1.37. The maximum Gasteiger partial charge on any atom is 0.00719 e. The topological polar surface area (TPSA) is 0 Å². The molecule has 1 atom stereocenters. The molecule has 0 bridgehead atoms. The molecule has 0 nitrogen and oxygen atoms in total. The fourth-order valence-electron chi connectivity index (χ4n) is 1.31. The lowest BCUT2D eigenvalue weighted by Crippen LogP contribution is -2.01. The van der Waals surface area contributed by atoms with Gasteiger partial charge in [-0.25, -0.2) is 0 Å². The summed E-state index contributed by atoms with van der Waals surface area (Å²) >= 11 is 1.81. The quantitative estimate of drug-likeness (QED) is 0.651. The zero-order valence-corrected chi connectivity index (χ0v) is 9.69. The third-order valence-corrected chi connectivity index (χ3v) is 3.34. The lowest BCUT2D eigenvalue weighted by atomic mass is 9.90. The van der Waals surface area contributed by atoms with Crippen molar-refractivity contribution in [2.45, 2.75) is 31.6 Å². The van der Waals surface area contributed by atoms with E-state index in [9.17, 15) is 0 Å². The second-order valence-corrected chi connectivity index (χ2v) is 4.69. The predicted octanol–water partition coefficient (Wildman–Crippen LogP) is 4.17. The molecular formula is C12H18S. The standard InChI is InChI=1S/C12H18S/c1-9(2)10(3)11-6-5-7-12(8-11)13-4/h5-10H,1-4H3. The Hall–Kier alpha value is -0.430. The Morgan fingerprint density at radius 1 is 1.15 bits per heavy atom. The summed E-state index contributed by atoms with van der Waals surface area (Å²) in [5, 5.41) is 0. The van der Waals surface area contributed by atoms with Crippen molar-refractivity contribution < 1.29 is 0 Å². The summed E-state index contributed by atoms with van der Waals surface area (Å²) in [6, 6.07) is 8.85. The van der Waals surface area contributed by atoms with E-state index in [4.69, 9.17) is 0 Å². The van der Waals surface area contributed by atoms with Gasteiger partial charge in [-0.05, 0) is 35.8 Å². The van der Waals surface area contributed by atoms with E-state index >= 15 is 0 Å². The van der Waals surface area contributed by atoms with Crippen LogP contribution in [0.1, 0.15) is 32.3 Å². The average Bonchev–Trinajstić information content (AvgIpc) is 2.16. The first-order valence-electron chi connectivity index (χ1n) is 4.79. The SMILES string of the molecule is CSc1cccc(C(C)C(C)C)c1. The molecule has 1 rings (SSSR count). The second-order valence-electron chi connectivity index (χ2n) is 3.81. The van der Waals surface area contributed by atoms with Gasteiger partial charge in [0.2, 0.25) is 0 Å². The molecule has 0 saturated heterocycles. The number of thioether (sulfide) groups is 1. The summed E-state index contributed by atoms with van der Waals surface area (Å²) in [6.07, 6.45) is 2.12. The summed E-state index contributed by atoms with van der Waals surface area (Å²) in [5.74, 6) is 1.38. The van der Waals surface area contributed by atoms with Gasteiger partial charge in [0.25, 0.3) is 0 Å². The minimum absolute atomic E-state index is 0.659. The summed E-state index contributed by atoms with van der Waals surface area (Å²) in [7, 11) is 0. The molecule has 0 saturated carbocycles. The summed E-state index contributed by atoms with van der Waals surface area (Å²) in [6.45, 7) is 6.84. The maximum absolute atomic E-state index is 2.30. The van der Waals surface area contributed by atoms with Gasteiger partial charge in [0, 0.05) is 4.90 Å². The molecular weight excluding hydrogens is 176 g/mol. The van der Waals surface area contributed by atoms with Gasteiger partial charge in [-0.15, -0.1) is 11.8 Å². The smallest absolute Gasteiger partial charge is 0.00719 e.